The molecular formula is C17H16Cl2FNO3. The van der Waals surface area contributed by atoms with Gasteiger partial charge in [0.2, 0.25) is 0 Å². The molecule has 1 amide bonds. The van der Waals surface area contributed by atoms with Crippen molar-refractivity contribution in [3.63, 3.8) is 0 Å². The number of amides is 1. The van der Waals surface area contributed by atoms with Crippen LogP contribution in [0.1, 0.15) is 15.9 Å². The van der Waals surface area contributed by atoms with Crippen molar-refractivity contribution in [1.82, 2.24) is 0 Å². The summed E-state index contributed by atoms with van der Waals surface area (Å²) >= 11 is 11.6. The molecule has 0 aromatic heterocycles. The maximum Gasteiger partial charge on any atom is 0.257 e. The Morgan fingerprint density at radius 3 is 2.62 bits per heavy atom. The largest absolute Gasteiger partial charge is 0.489 e. The molecule has 0 aliphatic carbocycles. The lowest BCUT2D eigenvalue weighted by atomic mass is 10.1. The van der Waals surface area contributed by atoms with Crippen LogP contribution in [0.4, 0.5) is 10.1 Å². The van der Waals surface area contributed by atoms with E-state index in [-0.39, 0.29) is 15.6 Å². The predicted octanol–water partition coefficient (Wildman–Crippen LogP) is 4.72. The smallest absolute Gasteiger partial charge is 0.257 e. The minimum atomic E-state index is -0.716. The summed E-state index contributed by atoms with van der Waals surface area (Å²) in [6.45, 7) is 2.65. The highest BCUT2D eigenvalue weighted by Crippen LogP contribution is 2.29. The van der Waals surface area contributed by atoms with E-state index in [1.165, 1.54) is 6.07 Å². The normalized spacial score (nSPS) is 10.5. The van der Waals surface area contributed by atoms with Gasteiger partial charge in [0.05, 0.1) is 27.9 Å². The molecule has 0 saturated carbocycles. The van der Waals surface area contributed by atoms with Gasteiger partial charge in [0.15, 0.2) is 0 Å². The number of ether oxygens (including phenoxy) is 2. The monoisotopic (exact) mass is 371 g/mol. The number of carbonyl (C=O) groups is 1. The summed E-state index contributed by atoms with van der Waals surface area (Å²) in [4.78, 5) is 12.4. The third kappa shape index (κ3) is 4.60. The van der Waals surface area contributed by atoms with E-state index >= 15 is 0 Å². The maximum absolute atomic E-state index is 13.6. The van der Waals surface area contributed by atoms with Crippen molar-refractivity contribution in [2.45, 2.75) is 6.92 Å². The van der Waals surface area contributed by atoms with E-state index in [2.05, 4.69) is 5.32 Å². The second-order valence-corrected chi connectivity index (χ2v) is 5.86. The summed E-state index contributed by atoms with van der Waals surface area (Å²) in [6, 6.07) is 7.51. The van der Waals surface area contributed by atoms with Crippen molar-refractivity contribution in [1.29, 1.82) is 0 Å². The average Bonchev–Trinajstić information content (AvgIpc) is 2.53. The van der Waals surface area contributed by atoms with E-state index in [4.69, 9.17) is 32.7 Å². The number of aryl methyl sites for hydroxylation is 1. The van der Waals surface area contributed by atoms with Gasteiger partial charge >= 0.3 is 0 Å². The predicted molar refractivity (Wildman–Crippen MR) is 92.9 cm³/mol. The van der Waals surface area contributed by atoms with E-state index < -0.39 is 11.7 Å². The minimum absolute atomic E-state index is 0.0121. The first-order chi connectivity index (χ1) is 11.4. The van der Waals surface area contributed by atoms with Crippen LogP contribution in [0.2, 0.25) is 10.0 Å². The second-order valence-electron chi connectivity index (χ2n) is 5.04. The van der Waals surface area contributed by atoms with Crippen molar-refractivity contribution >= 4 is 34.8 Å². The number of methoxy groups -OCH3 is 1. The van der Waals surface area contributed by atoms with Crippen LogP contribution in [0.15, 0.2) is 30.3 Å². The Morgan fingerprint density at radius 1 is 1.17 bits per heavy atom. The van der Waals surface area contributed by atoms with Crippen LogP contribution in [0.3, 0.4) is 0 Å². The third-order valence-corrected chi connectivity index (χ3v) is 3.79. The number of nitrogens with one attached hydrogen (secondary N) is 1. The van der Waals surface area contributed by atoms with Gasteiger partial charge in [0.1, 0.15) is 18.2 Å². The summed E-state index contributed by atoms with van der Waals surface area (Å²) in [5.41, 5.74) is 1.41. The second kappa shape index (κ2) is 8.33. The summed E-state index contributed by atoms with van der Waals surface area (Å²) in [6.07, 6.45) is 0. The quantitative estimate of drug-likeness (QED) is 0.590. The molecule has 0 spiro atoms. The van der Waals surface area contributed by atoms with Gasteiger partial charge in [-0.05, 0) is 36.8 Å². The molecule has 1 N–H and O–H groups in total. The molecule has 2 aromatic carbocycles. The number of carbonyl (C=O) groups excluding carboxylic acids is 1. The molecule has 0 aliphatic heterocycles. The van der Waals surface area contributed by atoms with Crippen LogP contribution in [0, 0.1) is 12.7 Å². The summed E-state index contributed by atoms with van der Waals surface area (Å²) in [5, 5.41) is 2.59. The minimum Gasteiger partial charge on any atom is -0.489 e. The Morgan fingerprint density at radius 2 is 1.92 bits per heavy atom. The molecule has 2 rings (SSSR count). The first-order valence-electron chi connectivity index (χ1n) is 7.10. The molecule has 0 bridgehead atoms. The van der Waals surface area contributed by atoms with E-state index in [9.17, 15) is 9.18 Å². The fourth-order valence-corrected chi connectivity index (χ4v) is 2.44. The summed E-state index contributed by atoms with van der Waals surface area (Å²) in [5.74, 6) is -0.784. The molecule has 0 saturated heterocycles. The first kappa shape index (κ1) is 18.5. The number of rotatable bonds is 6. The number of benzene rings is 2. The van der Waals surface area contributed by atoms with Crippen molar-refractivity contribution in [3.05, 3.63) is 57.3 Å². The average molecular weight is 372 g/mol. The Balaban J connectivity index is 2.24. The topological polar surface area (TPSA) is 47.6 Å². The highest BCUT2D eigenvalue weighted by Gasteiger charge is 2.16. The van der Waals surface area contributed by atoms with Crippen molar-refractivity contribution < 1.29 is 18.7 Å². The van der Waals surface area contributed by atoms with Crippen LogP contribution in [-0.2, 0) is 4.74 Å². The highest BCUT2D eigenvalue weighted by molar-refractivity contribution is 6.37. The van der Waals surface area contributed by atoms with Crippen LogP contribution in [-0.4, -0.2) is 26.2 Å². The van der Waals surface area contributed by atoms with Gasteiger partial charge in [-0.25, -0.2) is 4.39 Å². The lowest BCUT2D eigenvalue weighted by molar-refractivity contribution is 0.102. The Bertz CT molecular complexity index is 753. The first-order valence-corrected chi connectivity index (χ1v) is 7.86. The standard InChI is InChI=1S/C17H16Cl2FNO3/c1-10-3-4-15(16(7-10)24-6-5-23-2)21-17(22)11-8-14(20)13(19)9-12(11)18/h3-4,7-9H,5-6H2,1-2H3,(H,21,22). The van der Waals surface area contributed by atoms with Gasteiger partial charge in [-0.2, -0.15) is 0 Å². The van der Waals surface area contributed by atoms with E-state index in [0.29, 0.717) is 24.7 Å². The Kier molecular flexibility index (Phi) is 6.43. The van der Waals surface area contributed by atoms with Gasteiger partial charge < -0.3 is 14.8 Å². The molecule has 0 unspecified atom stereocenters. The van der Waals surface area contributed by atoms with Gasteiger partial charge in [0, 0.05) is 7.11 Å². The lowest BCUT2D eigenvalue weighted by Gasteiger charge is -2.14. The van der Waals surface area contributed by atoms with Crippen molar-refractivity contribution in [2.24, 2.45) is 0 Å². The van der Waals surface area contributed by atoms with Gasteiger partial charge in [-0.15, -0.1) is 0 Å². The van der Waals surface area contributed by atoms with Crippen LogP contribution in [0.5, 0.6) is 5.75 Å². The SMILES string of the molecule is COCCOc1cc(C)ccc1NC(=O)c1cc(F)c(Cl)cc1Cl. The molecule has 0 heterocycles. The maximum atomic E-state index is 13.6. The van der Waals surface area contributed by atoms with E-state index in [0.717, 1.165) is 11.6 Å². The molecule has 4 nitrogen and oxygen atoms in total. The third-order valence-electron chi connectivity index (χ3n) is 3.18. The molecule has 0 fully saturated rings. The molecule has 128 valence electrons. The summed E-state index contributed by atoms with van der Waals surface area (Å²) in [7, 11) is 1.57. The molecule has 24 heavy (non-hydrogen) atoms. The zero-order valence-electron chi connectivity index (χ0n) is 13.2. The van der Waals surface area contributed by atoms with Crippen LogP contribution < -0.4 is 10.1 Å². The van der Waals surface area contributed by atoms with Crippen molar-refractivity contribution in [2.75, 3.05) is 25.6 Å². The molecule has 0 aliphatic rings. The fourth-order valence-electron chi connectivity index (χ4n) is 1.97. The van der Waals surface area contributed by atoms with Gasteiger partial charge in [-0.3, -0.25) is 4.79 Å². The lowest BCUT2D eigenvalue weighted by Crippen LogP contribution is -2.15. The molecule has 0 radical (unpaired) electrons. The van der Waals surface area contributed by atoms with Crippen LogP contribution >= 0.6 is 23.2 Å². The zero-order chi connectivity index (χ0) is 17.7. The number of anilines is 1. The zero-order valence-corrected chi connectivity index (χ0v) is 14.7. The molecular weight excluding hydrogens is 356 g/mol. The molecule has 2 aromatic rings. The van der Waals surface area contributed by atoms with E-state index in [1.54, 1.807) is 19.2 Å². The number of hydrogen-bond acceptors (Lipinski definition) is 3. The van der Waals surface area contributed by atoms with Gasteiger partial charge in [0.25, 0.3) is 5.91 Å². The number of halogens is 3. The van der Waals surface area contributed by atoms with E-state index in [1.807, 2.05) is 13.0 Å². The Hall–Kier alpha value is -1.82. The Labute approximate surface area is 149 Å². The fraction of sp³-hybridized carbons (Fsp3) is 0.235. The summed E-state index contributed by atoms with van der Waals surface area (Å²) < 4.78 is 24.1. The number of hydrogen-bond donors (Lipinski definition) is 1. The molecule has 0 atom stereocenters. The molecule has 7 heteroatoms. The van der Waals surface area contributed by atoms with Gasteiger partial charge in [-0.1, -0.05) is 29.3 Å². The van der Waals surface area contributed by atoms with Crippen molar-refractivity contribution in [3.8, 4) is 5.75 Å². The highest BCUT2D eigenvalue weighted by atomic mass is 35.5. The van der Waals surface area contributed by atoms with Crippen LogP contribution in [0.25, 0.3) is 0 Å².